The second-order valence-corrected chi connectivity index (χ2v) is 9.75. The fraction of sp³-hybridized carbons (Fsp3) is 0.364. The van der Waals surface area contributed by atoms with Gasteiger partial charge in [0.25, 0.3) is 0 Å². The number of benzene rings is 2. The van der Waals surface area contributed by atoms with Crippen molar-refractivity contribution in [2.75, 3.05) is 18.1 Å². The van der Waals surface area contributed by atoms with E-state index in [0.717, 1.165) is 44.3 Å². The molecule has 0 aliphatic carbocycles. The van der Waals surface area contributed by atoms with Crippen LogP contribution in [0.3, 0.4) is 0 Å². The highest BCUT2D eigenvalue weighted by molar-refractivity contribution is 6.03. The number of hydrogen-bond acceptors (Lipinski definition) is 3. The SMILES string of the molecule is C=CCC[N+]1=C(/C=C/C=C/N(C(C)=O)c2ccccc2)C(C)(CCCCCC(=O)OCC)c2ccccc21. The van der Waals surface area contributed by atoms with Gasteiger partial charge in [-0.2, -0.15) is 4.58 Å². The van der Waals surface area contributed by atoms with Crippen molar-refractivity contribution in [2.24, 2.45) is 0 Å². The normalized spacial score (nSPS) is 16.7. The van der Waals surface area contributed by atoms with Crippen LogP contribution in [0.25, 0.3) is 0 Å². The molecule has 2 aromatic carbocycles. The Balaban J connectivity index is 1.84. The fourth-order valence-electron chi connectivity index (χ4n) is 5.14. The van der Waals surface area contributed by atoms with E-state index in [1.165, 1.54) is 17.0 Å². The molecule has 5 nitrogen and oxygen atoms in total. The van der Waals surface area contributed by atoms with Crippen molar-refractivity contribution in [3.05, 3.63) is 97.2 Å². The molecule has 38 heavy (non-hydrogen) atoms. The highest BCUT2D eigenvalue weighted by Crippen LogP contribution is 2.43. The van der Waals surface area contributed by atoms with E-state index >= 15 is 0 Å². The Kier molecular flexibility index (Phi) is 10.8. The Morgan fingerprint density at radius 2 is 1.76 bits per heavy atom. The molecule has 0 saturated heterocycles. The monoisotopic (exact) mass is 513 g/mol. The summed E-state index contributed by atoms with van der Waals surface area (Å²) in [5, 5.41) is 0. The Hall–Kier alpha value is -3.73. The van der Waals surface area contributed by atoms with Gasteiger partial charge >= 0.3 is 5.97 Å². The molecule has 0 saturated carbocycles. The average Bonchev–Trinajstić information content (AvgIpc) is 3.15. The first-order chi connectivity index (χ1) is 18.4. The third-order valence-electron chi connectivity index (χ3n) is 7.04. The van der Waals surface area contributed by atoms with E-state index in [9.17, 15) is 9.59 Å². The molecule has 1 atom stereocenters. The lowest BCUT2D eigenvalue weighted by Gasteiger charge is -2.22. The number of unbranched alkanes of at least 4 members (excludes halogenated alkanes) is 2. The van der Waals surface area contributed by atoms with Crippen molar-refractivity contribution in [3.63, 3.8) is 0 Å². The molecular formula is C33H41N2O3+. The number of carbonyl (C=O) groups is 2. The lowest BCUT2D eigenvalue weighted by atomic mass is 9.75. The first-order valence-electron chi connectivity index (χ1n) is 13.6. The first kappa shape index (κ1) is 28.8. The van der Waals surface area contributed by atoms with E-state index in [-0.39, 0.29) is 17.3 Å². The van der Waals surface area contributed by atoms with E-state index in [4.69, 9.17) is 4.74 Å². The molecule has 0 fully saturated rings. The zero-order valence-corrected chi connectivity index (χ0v) is 23.1. The Morgan fingerprint density at radius 3 is 2.47 bits per heavy atom. The van der Waals surface area contributed by atoms with Crippen LogP contribution in [-0.4, -0.2) is 35.3 Å². The minimum atomic E-state index is -0.161. The minimum Gasteiger partial charge on any atom is -0.466 e. The van der Waals surface area contributed by atoms with E-state index in [2.05, 4.69) is 48.4 Å². The van der Waals surface area contributed by atoms with Crippen molar-refractivity contribution >= 4 is 29.0 Å². The van der Waals surface area contributed by atoms with Crippen LogP contribution in [0, 0.1) is 0 Å². The number of allylic oxidation sites excluding steroid dienone is 3. The molecule has 1 aliphatic heterocycles. The minimum absolute atomic E-state index is 0.0398. The fourth-order valence-corrected chi connectivity index (χ4v) is 5.14. The number of anilines is 1. The van der Waals surface area contributed by atoms with Crippen molar-refractivity contribution in [2.45, 2.75) is 64.7 Å². The number of amides is 1. The predicted octanol–water partition coefficient (Wildman–Crippen LogP) is 7.26. The van der Waals surface area contributed by atoms with Crippen molar-refractivity contribution < 1.29 is 18.9 Å². The quantitative estimate of drug-likeness (QED) is 0.0878. The number of esters is 1. The van der Waals surface area contributed by atoms with Crippen LogP contribution in [0.1, 0.15) is 64.9 Å². The zero-order valence-electron chi connectivity index (χ0n) is 23.1. The molecule has 0 aromatic heterocycles. The van der Waals surface area contributed by atoms with Gasteiger partial charge in [0.05, 0.1) is 12.0 Å². The number of hydrogen-bond donors (Lipinski definition) is 0. The van der Waals surface area contributed by atoms with E-state index in [0.29, 0.717) is 13.0 Å². The summed E-state index contributed by atoms with van der Waals surface area (Å²) in [5.41, 5.74) is 4.48. The van der Waals surface area contributed by atoms with Gasteiger partial charge in [0, 0.05) is 49.4 Å². The highest BCUT2D eigenvalue weighted by atomic mass is 16.5. The summed E-state index contributed by atoms with van der Waals surface area (Å²) in [4.78, 5) is 25.6. The van der Waals surface area contributed by atoms with Gasteiger partial charge in [0.1, 0.15) is 0 Å². The van der Waals surface area contributed by atoms with Crippen LogP contribution in [0.5, 0.6) is 0 Å². The summed E-state index contributed by atoms with van der Waals surface area (Å²) >= 11 is 0. The molecule has 1 aliphatic rings. The van der Waals surface area contributed by atoms with E-state index in [1.54, 1.807) is 11.8 Å². The molecular weight excluding hydrogens is 472 g/mol. The van der Waals surface area contributed by atoms with Crippen molar-refractivity contribution in [3.8, 4) is 0 Å². The second-order valence-electron chi connectivity index (χ2n) is 9.75. The lowest BCUT2D eigenvalue weighted by molar-refractivity contribution is -0.436. The molecule has 3 rings (SSSR count). The van der Waals surface area contributed by atoms with Gasteiger partial charge in [0.15, 0.2) is 12.3 Å². The van der Waals surface area contributed by atoms with Crippen LogP contribution in [-0.2, 0) is 19.7 Å². The Bertz CT molecular complexity index is 1200. The molecule has 1 heterocycles. The molecule has 2 aromatic rings. The summed E-state index contributed by atoms with van der Waals surface area (Å²) in [6.07, 6.45) is 15.1. The largest absolute Gasteiger partial charge is 0.466 e. The summed E-state index contributed by atoms with van der Waals surface area (Å²) in [6, 6.07) is 18.3. The number of fused-ring (bicyclic) bond motifs is 1. The van der Waals surface area contributed by atoms with Gasteiger partial charge in [-0.3, -0.25) is 14.5 Å². The average molecular weight is 514 g/mol. The van der Waals surface area contributed by atoms with Crippen molar-refractivity contribution in [1.29, 1.82) is 0 Å². The summed E-state index contributed by atoms with van der Waals surface area (Å²) in [5.74, 6) is -0.153. The van der Waals surface area contributed by atoms with Crippen LogP contribution in [0.15, 0.2) is 91.7 Å². The predicted molar refractivity (Wildman–Crippen MR) is 156 cm³/mol. The molecule has 0 N–H and O–H groups in total. The third-order valence-corrected chi connectivity index (χ3v) is 7.04. The summed E-state index contributed by atoms with van der Waals surface area (Å²) < 4.78 is 7.48. The van der Waals surface area contributed by atoms with Gasteiger partial charge in [-0.1, -0.05) is 61.4 Å². The first-order valence-corrected chi connectivity index (χ1v) is 13.6. The topological polar surface area (TPSA) is 49.6 Å². The molecule has 1 unspecified atom stereocenters. The Labute approximate surface area is 227 Å². The van der Waals surface area contributed by atoms with Gasteiger partial charge in [0.2, 0.25) is 11.6 Å². The Morgan fingerprint density at radius 1 is 1.03 bits per heavy atom. The standard InChI is InChI=1S/C33H41N2O3/c1-5-7-25-35-30-21-14-13-20-29(30)33(4,24-16-9-12-23-32(37)38-6-2)31(35)22-15-17-26-34(27(3)36)28-18-10-8-11-19-28/h5,8,10-11,13-15,17-22,26H,1,6-7,9,12,16,23-25H2,2-4H3/q+1. The summed E-state index contributed by atoms with van der Waals surface area (Å²) in [6.45, 7) is 11.0. The maximum atomic E-state index is 12.3. The second kappa shape index (κ2) is 14.3. The summed E-state index contributed by atoms with van der Waals surface area (Å²) in [7, 11) is 0. The van der Waals surface area contributed by atoms with Gasteiger partial charge in [-0.05, 0) is 44.9 Å². The van der Waals surface area contributed by atoms with Crippen LogP contribution in [0.2, 0.25) is 0 Å². The number of ether oxygens (including phenoxy) is 1. The molecule has 200 valence electrons. The lowest BCUT2D eigenvalue weighted by Crippen LogP contribution is -2.31. The highest BCUT2D eigenvalue weighted by Gasteiger charge is 2.46. The third kappa shape index (κ3) is 7.18. The zero-order chi connectivity index (χ0) is 27.4. The molecule has 5 heteroatoms. The van der Waals surface area contributed by atoms with Gasteiger partial charge in [-0.25, -0.2) is 0 Å². The van der Waals surface area contributed by atoms with Crippen LogP contribution >= 0.6 is 0 Å². The molecule has 1 amide bonds. The van der Waals surface area contributed by atoms with E-state index < -0.39 is 0 Å². The maximum Gasteiger partial charge on any atom is 0.305 e. The van der Waals surface area contributed by atoms with Gasteiger partial charge < -0.3 is 4.74 Å². The molecule has 0 radical (unpaired) electrons. The number of nitrogens with zero attached hydrogens (tertiary/aromatic N) is 2. The van der Waals surface area contributed by atoms with Crippen LogP contribution < -0.4 is 4.90 Å². The van der Waals surface area contributed by atoms with Crippen molar-refractivity contribution in [1.82, 2.24) is 0 Å². The molecule has 0 spiro atoms. The maximum absolute atomic E-state index is 12.3. The van der Waals surface area contributed by atoms with Crippen LogP contribution in [0.4, 0.5) is 11.4 Å². The smallest absolute Gasteiger partial charge is 0.305 e. The van der Waals surface area contributed by atoms with Gasteiger partial charge in [-0.15, -0.1) is 6.58 Å². The molecule has 0 bridgehead atoms. The number of carbonyl (C=O) groups excluding carboxylic acids is 2. The number of rotatable bonds is 14. The number of para-hydroxylation sites is 2. The van der Waals surface area contributed by atoms with E-state index in [1.807, 2.05) is 61.7 Å².